The summed E-state index contributed by atoms with van der Waals surface area (Å²) in [6, 6.07) is 2.26. The average molecular weight is 434 g/mol. The van der Waals surface area contributed by atoms with Crippen LogP contribution >= 0.6 is 35.3 Å². The smallest absolute Gasteiger partial charge is 0.191 e. The van der Waals surface area contributed by atoms with Gasteiger partial charge in [0, 0.05) is 37.6 Å². The number of aliphatic imine (C=N–C) groups is 1. The number of nitrogens with two attached hydrogens (primary N) is 1. The second-order valence-electron chi connectivity index (χ2n) is 6.33. The van der Waals surface area contributed by atoms with Crippen LogP contribution in [0.1, 0.15) is 30.2 Å². The molecule has 1 atom stereocenters. The van der Waals surface area contributed by atoms with Gasteiger partial charge in [0.05, 0.1) is 6.54 Å². The van der Waals surface area contributed by atoms with Crippen molar-refractivity contribution in [3.8, 4) is 0 Å². The molecule has 3 rings (SSSR count). The summed E-state index contributed by atoms with van der Waals surface area (Å²) in [5.41, 5.74) is 7.65. The van der Waals surface area contributed by atoms with Crippen molar-refractivity contribution in [1.29, 1.82) is 0 Å². The maximum Gasteiger partial charge on any atom is 0.191 e. The molecule has 6 heteroatoms. The minimum absolute atomic E-state index is 0. The molecule has 4 nitrogen and oxygen atoms in total. The lowest BCUT2D eigenvalue weighted by Gasteiger charge is -2.32. The van der Waals surface area contributed by atoms with Crippen LogP contribution in [0, 0.1) is 5.92 Å². The zero-order chi connectivity index (χ0) is 14.7. The largest absolute Gasteiger partial charge is 0.370 e. The molecule has 2 aliphatic rings. The molecular formula is C16H27IN4S. The summed E-state index contributed by atoms with van der Waals surface area (Å²) in [4.78, 5) is 10.9. The summed E-state index contributed by atoms with van der Waals surface area (Å²) in [7, 11) is 0. The fraction of sp³-hybridized carbons (Fsp3) is 0.688. The fourth-order valence-corrected chi connectivity index (χ4v) is 4.19. The average Bonchev–Trinajstić information content (AvgIpc) is 2.94. The standard InChI is InChI=1S/C16H26N4S.HI/c1-13-3-2-7-20(11-13)16(17)18-6-9-19-8-4-15-14(12-19)5-10-21-15;/h5,10,13H,2-4,6-9,11-12H2,1H3,(H2,17,18);1H. The van der Waals surface area contributed by atoms with Crippen LogP contribution in [-0.4, -0.2) is 48.5 Å². The highest BCUT2D eigenvalue weighted by molar-refractivity contribution is 14.0. The highest BCUT2D eigenvalue weighted by Crippen LogP contribution is 2.23. The van der Waals surface area contributed by atoms with E-state index in [9.17, 15) is 0 Å². The molecule has 2 N–H and O–H groups in total. The molecule has 0 saturated carbocycles. The lowest BCUT2D eigenvalue weighted by molar-refractivity contribution is 0.258. The molecule has 2 aliphatic heterocycles. The predicted molar refractivity (Wildman–Crippen MR) is 105 cm³/mol. The van der Waals surface area contributed by atoms with Gasteiger partial charge in [-0.1, -0.05) is 6.92 Å². The minimum Gasteiger partial charge on any atom is -0.370 e. The normalized spacial score (nSPS) is 23.0. The SMILES string of the molecule is CC1CCCN(C(N)=NCCN2CCc3sccc3C2)C1.I. The van der Waals surface area contributed by atoms with E-state index in [0.717, 1.165) is 51.1 Å². The van der Waals surface area contributed by atoms with E-state index in [1.54, 1.807) is 4.88 Å². The highest BCUT2D eigenvalue weighted by Gasteiger charge is 2.18. The number of rotatable bonds is 3. The van der Waals surface area contributed by atoms with E-state index < -0.39 is 0 Å². The van der Waals surface area contributed by atoms with Gasteiger partial charge in [0.25, 0.3) is 0 Å². The minimum atomic E-state index is 0. The lowest BCUT2D eigenvalue weighted by Crippen LogP contribution is -2.44. The maximum atomic E-state index is 6.15. The molecule has 1 aromatic rings. The predicted octanol–water partition coefficient (Wildman–Crippen LogP) is 2.77. The van der Waals surface area contributed by atoms with Gasteiger partial charge in [-0.3, -0.25) is 9.89 Å². The van der Waals surface area contributed by atoms with Crippen LogP contribution in [0.4, 0.5) is 0 Å². The third-order valence-corrected chi connectivity index (χ3v) is 5.58. The van der Waals surface area contributed by atoms with Gasteiger partial charge < -0.3 is 10.6 Å². The molecule has 0 spiro atoms. The molecule has 124 valence electrons. The molecule has 0 radical (unpaired) electrons. The number of thiophene rings is 1. The first-order valence-corrected chi connectivity index (χ1v) is 8.93. The van der Waals surface area contributed by atoms with Crippen LogP contribution < -0.4 is 5.73 Å². The Bertz CT molecular complexity index is 502. The van der Waals surface area contributed by atoms with Crippen molar-refractivity contribution in [2.45, 2.75) is 32.7 Å². The van der Waals surface area contributed by atoms with Gasteiger partial charge in [0.15, 0.2) is 5.96 Å². The van der Waals surface area contributed by atoms with Gasteiger partial charge >= 0.3 is 0 Å². The molecule has 1 saturated heterocycles. The van der Waals surface area contributed by atoms with Crippen molar-refractivity contribution in [2.75, 3.05) is 32.7 Å². The zero-order valence-corrected chi connectivity index (χ0v) is 16.5. The first-order valence-electron chi connectivity index (χ1n) is 8.05. The van der Waals surface area contributed by atoms with Gasteiger partial charge in [-0.25, -0.2) is 0 Å². The van der Waals surface area contributed by atoms with Crippen LogP contribution in [-0.2, 0) is 13.0 Å². The van der Waals surface area contributed by atoms with Crippen molar-refractivity contribution in [3.63, 3.8) is 0 Å². The third-order valence-electron chi connectivity index (χ3n) is 4.56. The molecule has 0 aromatic carbocycles. The molecule has 0 amide bonds. The Labute approximate surface area is 154 Å². The van der Waals surface area contributed by atoms with Crippen molar-refractivity contribution in [2.24, 2.45) is 16.6 Å². The second-order valence-corrected chi connectivity index (χ2v) is 7.33. The van der Waals surface area contributed by atoms with Gasteiger partial charge in [-0.2, -0.15) is 0 Å². The molecule has 3 heterocycles. The van der Waals surface area contributed by atoms with Crippen molar-refractivity contribution in [3.05, 3.63) is 21.9 Å². The number of hydrogen-bond acceptors (Lipinski definition) is 3. The van der Waals surface area contributed by atoms with Crippen molar-refractivity contribution in [1.82, 2.24) is 9.80 Å². The van der Waals surface area contributed by atoms with Crippen LogP contribution in [0.5, 0.6) is 0 Å². The molecule has 0 aliphatic carbocycles. The van der Waals surface area contributed by atoms with E-state index in [1.807, 2.05) is 11.3 Å². The lowest BCUT2D eigenvalue weighted by atomic mass is 10.0. The topological polar surface area (TPSA) is 44.9 Å². The summed E-state index contributed by atoms with van der Waals surface area (Å²) in [5, 5.41) is 2.21. The summed E-state index contributed by atoms with van der Waals surface area (Å²) in [6.07, 6.45) is 3.75. The van der Waals surface area contributed by atoms with Gasteiger partial charge in [0.1, 0.15) is 0 Å². The molecule has 1 aromatic heterocycles. The highest BCUT2D eigenvalue weighted by atomic mass is 127. The first kappa shape index (κ1) is 18.0. The number of hydrogen-bond donors (Lipinski definition) is 1. The Morgan fingerprint density at radius 2 is 2.32 bits per heavy atom. The Morgan fingerprint density at radius 3 is 3.14 bits per heavy atom. The summed E-state index contributed by atoms with van der Waals surface area (Å²) < 4.78 is 0. The van der Waals surface area contributed by atoms with Crippen molar-refractivity contribution < 1.29 is 0 Å². The number of guanidine groups is 1. The van der Waals surface area contributed by atoms with Crippen molar-refractivity contribution >= 4 is 41.3 Å². The maximum absolute atomic E-state index is 6.15. The Morgan fingerprint density at radius 1 is 1.45 bits per heavy atom. The summed E-state index contributed by atoms with van der Waals surface area (Å²) >= 11 is 1.89. The number of nitrogens with zero attached hydrogens (tertiary/aromatic N) is 3. The van der Waals surface area contributed by atoms with Gasteiger partial charge in [-0.05, 0) is 42.2 Å². The monoisotopic (exact) mass is 434 g/mol. The van der Waals surface area contributed by atoms with Gasteiger partial charge in [-0.15, -0.1) is 35.3 Å². The quantitative estimate of drug-likeness (QED) is 0.452. The van der Waals surface area contributed by atoms with Crippen LogP contribution in [0.25, 0.3) is 0 Å². The fourth-order valence-electron chi connectivity index (χ4n) is 3.30. The van der Waals surface area contributed by atoms with E-state index in [2.05, 4.69) is 33.2 Å². The Hall–Kier alpha value is -0.340. The zero-order valence-electron chi connectivity index (χ0n) is 13.3. The Kier molecular flexibility index (Phi) is 6.95. The summed E-state index contributed by atoms with van der Waals surface area (Å²) in [5.74, 6) is 1.49. The number of fused-ring (bicyclic) bond motifs is 1. The molecule has 22 heavy (non-hydrogen) atoms. The van der Waals surface area contributed by atoms with Crippen LogP contribution in [0.3, 0.4) is 0 Å². The Balaban J connectivity index is 0.00000176. The van der Waals surface area contributed by atoms with Crippen LogP contribution in [0.2, 0.25) is 0 Å². The summed E-state index contributed by atoms with van der Waals surface area (Å²) in [6.45, 7) is 8.50. The molecule has 1 unspecified atom stereocenters. The first-order chi connectivity index (χ1) is 10.2. The van der Waals surface area contributed by atoms with E-state index in [-0.39, 0.29) is 24.0 Å². The van der Waals surface area contributed by atoms with E-state index >= 15 is 0 Å². The van der Waals surface area contributed by atoms with Gasteiger partial charge in [0.2, 0.25) is 0 Å². The number of likely N-dealkylation sites (tertiary alicyclic amines) is 1. The molecule has 0 bridgehead atoms. The number of halogens is 1. The van der Waals surface area contributed by atoms with Crippen LogP contribution in [0.15, 0.2) is 16.4 Å². The van der Waals surface area contributed by atoms with E-state index in [0.29, 0.717) is 0 Å². The third kappa shape index (κ3) is 4.58. The second kappa shape index (κ2) is 8.49. The molecular weight excluding hydrogens is 407 g/mol. The van der Waals surface area contributed by atoms with E-state index in [4.69, 9.17) is 5.73 Å². The van der Waals surface area contributed by atoms with E-state index in [1.165, 1.54) is 24.8 Å². The molecule has 1 fully saturated rings. The number of piperidine rings is 1.